The Kier molecular flexibility index (Phi) is 6.74. The van der Waals surface area contributed by atoms with Crippen LogP contribution in [0.3, 0.4) is 0 Å². The summed E-state index contributed by atoms with van der Waals surface area (Å²) in [5.41, 5.74) is 0.743. The first-order chi connectivity index (χ1) is 10.1. The van der Waals surface area contributed by atoms with Crippen molar-refractivity contribution in [2.75, 3.05) is 12.8 Å². The van der Waals surface area contributed by atoms with Crippen LogP contribution >= 0.6 is 43.6 Å². The second-order valence-electron chi connectivity index (χ2n) is 4.69. The Balaban J connectivity index is 1.97. The molecule has 2 rings (SSSR count). The summed E-state index contributed by atoms with van der Waals surface area (Å²) >= 11 is 8.53. The third kappa shape index (κ3) is 5.40. The molecule has 1 N–H and O–H groups in total. The lowest BCUT2D eigenvalue weighted by molar-refractivity contribution is 0.568. The van der Waals surface area contributed by atoms with E-state index in [1.54, 1.807) is 11.8 Å². The van der Waals surface area contributed by atoms with Gasteiger partial charge in [0.15, 0.2) is 0 Å². The van der Waals surface area contributed by atoms with Crippen LogP contribution in [0.15, 0.2) is 56.3 Å². The number of thioether (sulfide) groups is 1. The van der Waals surface area contributed by atoms with Gasteiger partial charge in [0.25, 0.3) is 0 Å². The fourth-order valence-corrected chi connectivity index (χ4v) is 3.90. The van der Waals surface area contributed by atoms with Crippen molar-refractivity contribution in [2.45, 2.75) is 17.4 Å². The Morgan fingerprint density at radius 1 is 1.14 bits per heavy atom. The van der Waals surface area contributed by atoms with Crippen LogP contribution in [-0.4, -0.2) is 18.8 Å². The summed E-state index contributed by atoms with van der Waals surface area (Å²) in [6, 6.07) is 13.7. The highest BCUT2D eigenvalue weighted by atomic mass is 79.9. The summed E-state index contributed by atoms with van der Waals surface area (Å²) in [4.78, 5) is 1.21. The highest BCUT2D eigenvalue weighted by molar-refractivity contribution is 9.10. The molecule has 1 unspecified atom stereocenters. The molecule has 0 heterocycles. The molecule has 0 spiro atoms. The molecule has 0 aliphatic carbocycles. The Morgan fingerprint density at radius 3 is 2.57 bits per heavy atom. The molecule has 0 saturated carbocycles. The Bertz CT molecular complexity index is 607. The molecule has 0 aliphatic rings. The van der Waals surface area contributed by atoms with Crippen LogP contribution in [-0.2, 0) is 6.42 Å². The summed E-state index contributed by atoms with van der Waals surface area (Å²) in [6.07, 6.45) is 0.677. The summed E-state index contributed by atoms with van der Waals surface area (Å²) in [6.45, 7) is 0. The lowest BCUT2D eigenvalue weighted by atomic mass is 10.1. The molecule has 2 aromatic carbocycles. The predicted octanol–water partition coefficient (Wildman–Crippen LogP) is 5.27. The van der Waals surface area contributed by atoms with Crippen LogP contribution in [0, 0.1) is 5.82 Å². The van der Waals surface area contributed by atoms with Crippen molar-refractivity contribution in [1.82, 2.24) is 5.32 Å². The number of benzene rings is 2. The third-order valence-corrected chi connectivity index (χ3v) is 5.28. The van der Waals surface area contributed by atoms with Gasteiger partial charge >= 0.3 is 0 Å². The predicted molar refractivity (Wildman–Crippen MR) is 95.5 cm³/mol. The van der Waals surface area contributed by atoms with E-state index < -0.39 is 0 Å². The van der Waals surface area contributed by atoms with Crippen LogP contribution in [0.25, 0.3) is 0 Å². The van der Waals surface area contributed by atoms with Crippen LogP contribution < -0.4 is 5.32 Å². The molecule has 112 valence electrons. The molecule has 0 fully saturated rings. The van der Waals surface area contributed by atoms with Gasteiger partial charge in [-0.05, 0) is 49.4 Å². The van der Waals surface area contributed by atoms with Gasteiger partial charge in [-0.25, -0.2) is 4.39 Å². The van der Waals surface area contributed by atoms with E-state index in [1.807, 2.05) is 31.3 Å². The van der Waals surface area contributed by atoms with Gasteiger partial charge in [0.05, 0.1) is 0 Å². The number of likely N-dealkylation sites (N-methyl/N-ethyl adjacent to an activating group) is 1. The minimum Gasteiger partial charge on any atom is -0.316 e. The quantitative estimate of drug-likeness (QED) is 0.623. The van der Waals surface area contributed by atoms with Crippen molar-refractivity contribution in [2.24, 2.45) is 0 Å². The first-order valence-electron chi connectivity index (χ1n) is 6.58. The highest BCUT2D eigenvalue weighted by Crippen LogP contribution is 2.24. The molecule has 0 bridgehead atoms. The molecule has 21 heavy (non-hydrogen) atoms. The van der Waals surface area contributed by atoms with Gasteiger partial charge < -0.3 is 5.32 Å². The van der Waals surface area contributed by atoms with E-state index in [4.69, 9.17) is 0 Å². The third-order valence-electron chi connectivity index (χ3n) is 3.14. The van der Waals surface area contributed by atoms with Gasteiger partial charge in [-0.3, -0.25) is 0 Å². The van der Waals surface area contributed by atoms with E-state index in [9.17, 15) is 4.39 Å². The Labute approximate surface area is 146 Å². The standard InChI is InChI=1S/C16H16Br2FNS/c1-20-14(7-11-5-6-13(18)9-16(11)19)10-21-15-4-2-3-12(17)8-15/h2-6,8-9,14,20H,7,10H2,1H3. The van der Waals surface area contributed by atoms with E-state index in [1.165, 1.54) is 11.0 Å². The van der Waals surface area contributed by atoms with Gasteiger partial charge in [0, 0.05) is 25.6 Å². The van der Waals surface area contributed by atoms with Gasteiger partial charge in [-0.2, -0.15) is 0 Å². The first kappa shape index (κ1) is 17.0. The largest absolute Gasteiger partial charge is 0.316 e. The zero-order valence-electron chi connectivity index (χ0n) is 11.6. The maximum Gasteiger partial charge on any atom is 0.127 e. The lowest BCUT2D eigenvalue weighted by Gasteiger charge is -2.16. The molecule has 0 amide bonds. The van der Waals surface area contributed by atoms with Gasteiger partial charge in [0.2, 0.25) is 0 Å². The van der Waals surface area contributed by atoms with Gasteiger partial charge in [0.1, 0.15) is 5.82 Å². The summed E-state index contributed by atoms with van der Waals surface area (Å²) in [5, 5.41) is 3.27. The van der Waals surface area contributed by atoms with Gasteiger partial charge in [-0.15, -0.1) is 11.8 Å². The lowest BCUT2D eigenvalue weighted by Crippen LogP contribution is -2.30. The van der Waals surface area contributed by atoms with Crippen molar-refractivity contribution < 1.29 is 4.39 Å². The van der Waals surface area contributed by atoms with E-state index >= 15 is 0 Å². The summed E-state index contributed by atoms with van der Waals surface area (Å²) in [7, 11) is 1.92. The molecule has 0 aliphatic heterocycles. The number of halogens is 3. The van der Waals surface area contributed by atoms with Crippen molar-refractivity contribution in [3.63, 3.8) is 0 Å². The zero-order chi connectivity index (χ0) is 15.2. The van der Waals surface area contributed by atoms with Gasteiger partial charge in [-0.1, -0.05) is 44.0 Å². The maximum atomic E-state index is 13.9. The smallest absolute Gasteiger partial charge is 0.127 e. The zero-order valence-corrected chi connectivity index (χ0v) is 15.6. The average molecular weight is 433 g/mol. The first-order valence-corrected chi connectivity index (χ1v) is 9.15. The van der Waals surface area contributed by atoms with Crippen LogP contribution in [0.5, 0.6) is 0 Å². The molecule has 0 saturated heterocycles. The number of hydrogen-bond acceptors (Lipinski definition) is 2. The molecular weight excluding hydrogens is 417 g/mol. The van der Waals surface area contributed by atoms with E-state index in [-0.39, 0.29) is 11.9 Å². The molecule has 1 nitrogen and oxygen atoms in total. The fourth-order valence-electron chi connectivity index (χ4n) is 1.95. The molecule has 5 heteroatoms. The Morgan fingerprint density at radius 2 is 1.90 bits per heavy atom. The van der Waals surface area contributed by atoms with Crippen molar-refractivity contribution in [3.8, 4) is 0 Å². The van der Waals surface area contributed by atoms with Crippen LogP contribution in [0.4, 0.5) is 4.39 Å². The number of rotatable bonds is 6. The number of nitrogens with one attached hydrogen (secondary N) is 1. The summed E-state index contributed by atoms with van der Waals surface area (Å²) in [5.74, 6) is 0.736. The molecule has 2 aromatic rings. The molecule has 1 atom stereocenters. The van der Waals surface area contributed by atoms with Crippen LogP contribution in [0.2, 0.25) is 0 Å². The maximum absolute atomic E-state index is 13.9. The molecule has 0 aromatic heterocycles. The van der Waals surface area contributed by atoms with Crippen molar-refractivity contribution in [1.29, 1.82) is 0 Å². The van der Waals surface area contributed by atoms with E-state index in [2.05, 4.69) is 49.3 Å². The second kappa shape index (κ2) is 8.32. The summed E-state index contributed by atoms with van der Waals surface area (Å²) < 4.78 is 15.7. The SMILES string of the molecule is CNC(CSc1cccc(Br)c1)Cc1ccc(Br)cc1F. The minimum absolute atomic E-state index is 0.155. The molecule has 0 radical (unpaired) electrons. The van der Waals surface area contributed by atoms with E-state index in [0.29, 0.717) is 6.42 Å². The number of hydrogen-bond donors (Lipinski definition) is 1. The Hall–Kier alpha value is -0.360. The fraction of sp³-hybridized carbons (Fsp3) is 0.250. The highest BCUT2D eigenvalue weighted by Gasteiger charge is 2.11. The average Bonchev–Trinajstić information content (AvgIpc) is 2.45. The molecular formula is C16H16Br2FNS. The van der Waals surface area contributed by atoms with E-state index in [0.717, 1.165) is 20.3 Å². The normalized spacial score (nSPS) is 12.4. The van der Waals surface area contributed by atoms with Crippen LogP contribution in [0.1, 0.15) is 5.56 Å². The minimum atomic E-state index is -0.155. The topological polar surface area (TPSA) is 12.0 Å². The monoisotopic (exact) mass is 431 g/mol. The van der Waals surface area contributed by atoms with Crippen molar-refractivity contribution >= 4 is 43.6 Å². The second-order valence-corrected chi connectivity index (χ2v) is 7.62. The van der Waals surface area contributed by atoms with Crippen molar-refractivity contribution in [3.05, 3.63) is 62.8 Å².